The summed E-state index contributed by atoms with van der Waals surface area (Å²) in [6, 6.07) is 5.05. The lowest BCUT2D eigenvalue weighted by molar-refractivity contribution is 0.0765. The lowest BCUT2D eigenvalue weighted by Gasteiger charge is -2.21. The van der Waals surface area contributed by atoms with Gasteiger partial charge in [-0.3, -0.25) is 4.79 Å². The van der Waals surface area contributed by atoms with Gasteiger partial charge < -0.3 is 14.6 Å². The van der Waals surface area contributed by atoms with E-state index < -0.39 is 0 Å². The number of benzene rings is 1. The van der Waals surface area contributed by atoms with Crippen LogP contribution in [0.3, 0.4) is 0 Å². The fraction of sp³-hybridized carbons (Fsp3) is 0.333. The van der Waals surface area contributed by atoms with E-state index in [0.717, 1.165) is 36.7 Å². The maximum Gasteiger partial charge on any atom is 0.257 e. The van der Waals surface area contributed by atoms with Crippen LogP contribution < -0.4 is 0 Å². The molecule has 0 atom stereocenters. The van der Waals surface area contributed by atoms with Gasteiger partial charge in [-0.05, 0) is 30.4 Å². The molecule has 2 aromatic rings. The van der Waals surface area contributed by atoms with Crippen molar-refractivity contribution in [2.24, 2.45) is 0 Å². The second-order valence-electron chi connectivity index (χ2n) is 4.93. The zero-order chi connectivity index (χ0) is 14.7. The van der Waals surface area contributed by atoms with E-state index in [4.69, 9.17) is 0 Å². The number of rotatable bonds is 2. The zero-order valence-electron chi connectivity index (χ0n) is 11.6. The summed E-state index contributed by atoms with van der Waals surface area (Å²) in [7, 11) is 0. The Labute approximate surface area is 127 Å². The Morgan fingerprint density at radius 2 is 2.19 bits per heavy atom. The van der Waals surface area contributed by atoms with Crippen LogP contribution in [-0.4, -0.2) is 50.1 Å². The van der Waals surface area contributed by atoms with Gasteiger partial charge >= 0.3 is 0 Å². The van der Waals surface area contributed by atoms with Crippen LogP contribution in [0.25, 0.3) is 5.69 Å². The van der Waals surface area contributed by atoms with Crippen molar-refractivity contribution in [3.63, 3.8) is 0 Å². The summed E-state index contributed by atoms with van der Waals surface area (Å²) in [5.74, 6) is 1.97. The lowest BCUT2D eigenvalue weighted by atomic mass is 10.1. The maximum absolute atomic E-state index is 12.6. The first-order valence-electron chi connectivity index (χ1n) is 6.94. The van der Waals surface area contributed by atoms with E-state index in [0.29, 0.717) is 5.56 Å². The highest BCUT2D eigenvalue weighted by atomic mass is 32.2. The first kappa shape index (κ1) is 14.0. The van der Waals surface area contributed by atoms with Gasteiger partial charge in [0.15, 0.2) is 0 Å². The van der Waals surface area contributed by atoms with Crippen LogP contribution in [0, 0.1) is 0 Å². The molecule has 0 aliphatic carbocycles. The molecule has 0 saturated carbocycles. The van der Waals surface area contributed by atoms with Crippen LogP contribution in [0.2, 0.25) is 0 Å². The molecular formula is C15H17N3O2S. The van der Waals surface area contributed by atoms with E-state index in [1.54, 1.807) is 30.7 Å². The van der Waals surface area contributed by atoms with Gasteiger partial charge in [0.1, 0.15) is 5.75 Å². The fourth-order valence-corrected chi connectivity index (χ4v) is 3.27. The average molecular weight is 303 g/mol. The number of hydrogen-bond acceptors (Lipinski definition) is 4. The minimum atomic E-state index is -0.100. The Kier molecular flexibility index (Phi) is 4.15. The molecular weight excluding hydrogens is 286 g/mol. The Balaban J connectivity index is 1.89. The largest absolute Gasteiger partial charge is 0.507 e. The topological polar surface area (TPSA) is 58.4 Å². The molecule has 1 aromatic carbocycles. The molecule has 1 aliphatic heterocycles. The second-order valence-corrected chi connectivity index (χ2v) is 6.15. The molecule has 21 heavy (non-hydrogen) atoms. The maximum atomic E-state index is 12.6. The number of aromatic hydroxyl groups is 1. The number of imidazole rings is 1. The quantitative estimate of drug-likeness (QED) is 0.923. The number of hydrogen-bond donors (Lipinski definition) is 1. The zero-order valence-corrected chi connectivity index (χ0v) is 12.4. The van der Waals surface area contributed by atoms with Crippen LogP contribution >= 0.6 is 11.8 Å². The monoisotopic (exact) mass is 303 g/mol. The van der Waals surface area contributed by atoms with Crippen molar-refractivity contribution in [2.45, 2.75) is 6.42 Å². The standard InChI is InChI=1S/C15H17N3O2S/c19-14-3-2-12(18-6-4-16-11-18)10-13(14)15(20)17-5-1-8-21-9-7-17/h2-4,6,10-11,19H,1,5,7-9H2. The van der Waals surface area contributed by atoms with Crippen molar-refractivity contribution in [3.8, 4) is 11.4 Å². The third kappa shape index (κ3) is 3.05. The normalized spacial score (nSPS) is 15.7. The van der Waals surface area contributed by atoms with E-state index in [9.17, 15) is 9.90 Å². The number of nitrogens with zero attached hydrogens (tertiary/aromatic N) is 3. The highest BCUT2D eigenvalue weighted by Gasteiger charge is 2.20. The number of phenols is 1. The molecule has 3 rings (SSSR count). The molecule has 1 amide bonds. The number of amides is 1. The Morgan fingerprint density at radius 1 is 1.29 bits per heavy atom. The Morgan fingerprint density at radius 3 is 3.00 bits per heavy atom. The van der Waals surface area contributed by atoms with Gasteiger partial charge in [0.25, 0.3) is 5.91 Å². The molecule has 2 heterocycles. The Hall–Kier alpha value is -1.95. The summed E-state index contributed by atoms with van der Waals surface area (Å²) in [4.78, 5) is 18.5. The summed E-state index contributed by atoms with van der Waals surface area (Å²) in [5, 5.41) is 10.0. The SMILES string of the molecule is O=C(c1cc(-n2ccnc2)ccc1O)N1CCCSCC1. The smallest absolute Gasteiger partial charge is 0.257 e. The number of carbonyl (C=O) groups excluding carboxylic acids is 1. The van der Waals surface area contributed by atoms with Gasteiger partial charge in [0.05, 0.1) is 11.9 Å². The lowest BCUT2D eigenvalue weighted by Crippen LogP contribution is -2.33. The van der Waals surface area contributed by atoms with E-state index >= 15 is 0 Å². The third-order valence-corrected chi connectivity index (χ3v) is 4.57. The van der Waals surface area contributed by atoms with Gasteiger partial charge in [0.2, 0.25) is 0 Å². The van der Waals surface area contributed by atoms with Crippen LogP contribution in [0.5, 0.6) is 5.75 Å². The van der Waals surface area contributed by atoms with Gasteiger partial charge in [-0.2, -0.15) is 11.8 Å². The van der Waals surface area contributed by atoms with E-state index in [2.05, 4.69) is 4.98 Å². The van der Waals surface area contributed by atoms with Gasteiger partial charge in [-0.15, -0.1) is 0 Å². The number of carbonyl (C=O) groups is 1. The van der Waals surface area contributed by atoms with Crippen molar-refractivity contribution < 1.29 is 9.90 Å². The number of thioether (sulfide) groups is 1. The fourth-order valence-electron chi connectivity index (χ4n) is 2.39. The van der Waals surface area contributed by atoms with E-state index in [1.807, 2.05) is 27.4 Å². The first-order chi connectivity index (χ1) is 10.3. The van der Waals surface area contributed by atoms with Crippen molar-refractivity contribution in [1.82, 2.24) is 14.5 Å². The summed E-state index contributed by atoms with van der Waals surface area (Å²) in [6.45, 7) is 1.48. The molecule has 5 nitrogen and oxygen atoms in total. The van der Waals surface area contributed by atoms with Crippen LogP contribution in [-0.2, 0) is 0 Å². The molecule has 1 N–H and O–H groups in total. The molecule has 1 saturated heterocycles. The van der Waals surface area contributed by atoms with Gasteiger partial charge in [-0.25, -0.2) is 4.98 Å². The van der Waals surface area contributed by atoms with Gasteiger partial charge in [-0.1, -0.05) is 0 Å². The minimum absolute atomic E-state index is 0.0285. The van der Waals surface area contributed by atoms with Crippen LogP contribution in [0.1, 0.15) is 16.8 Å². The summed E-state index contributed by atoms with van der Waals surface area (Å²) >= 11 is 1.87. The first-order valence-corrected chi connectivity index (χ1v) is 8.09. The second kappa shape index (κ2) is 6.22. The minimum Gasteiger partial charge on any atom is -0.507 e. The highest BCUT2D eigenvalue weighted by Crippen LogP contribution is 2.23. The highest BCUT2D eigenvalue weighted by molar-refractivity contribution is 7.99. The number of aromatic nitrogens is 2. The molecule has 110 valence electrons. The average Bonchev–Trinajstić information content (AvgIpc) is 2.89. The molecule has 1 aliphatic rings. The van der Waals surface area contributed by atoms with Crippen LogP contribution in [0.4, 0.5) is 0 Å². The molecule has 0 radical (unpaired) electrons. The van der Waals surface area contributed by atoms with Crippen molar-refractivity contribution in [3.05, 3.63) is 42.5 Å². The predicted molar refractivity (Wildman–Crippen MR) is 83.1 cm³/mol. The van der Waals surface area contributed by atoms with E-state index in [1.165, 1.54) is 0 Å². The molecule has 1 fully saturated rings. The molecule has 1 aromatic heterocycles. The number of phenolic OH excluding ortho intramolecular Hbond substituents is 1. The van der Waals surface area contributed by atoms with E-state index in [-0.39, 0.29) is 11.7 Å². The summed E-state index contributed by atoms with van der Waals surface area (Å²) in [6.07, 6.45) is 6.16. The Bertz CT molecular complexity index is 620. The van der Waals surface area contributed by atoms with Crippen molar-refractivity contribution >= 4 is 17.7 Å². The van der Waals surface area contributed by atoms with Crippen molar-refractivity contribution in [2.75, 3.05) is 24.6 Å². The molecule has 0 unspecified atom stereocenters. The summed E-state index contributed by atoms with van der Waals surface area (Å²) < 4.78 is 1.81. The molecule has 6 heteroatoms. The van der Waals surface area contributed by atoms with Gasteiger partial charge in [0, 0.05) is 36.9 Å². The third-order valence-electron chi connectivity index (χ3n) is 3.52. The molecule has 0 bridgehead atoms. The molecule has 0 spiro atoms. The van der Waals surface area contributed by atoms with Crippen molar-refractivity contribution in [1.29, 1.82) is 0 Å². The predicted octanol–water partition coefficient (Wildman–Crippen LogP) is 2.16. The summed E-state index contributed by atoms with van der Waals surface area (Å²) in [5.41, 5.74) is 1.17. The van der Waals surface area contributed by atoms with Crippen LogP contribution in [0.15, 0.2) is 36.9 Å².